The largest absolute Gasteiger partial charge is 0.508 e. The van der Waals surface area contributed by atoms with Crippen molar-refractivity contribution in [1.82, 2.24) is 4.90 Å². The highest BCUT2D eigenvalue weighted by Crippen LogP contribution is 2.32. The normalized spacial score (nSPS) is 15.0. The Bertz CT molecular complexity index is 1070. The van der Waals surface area contributed by atoms with Crippen molar-refractivity contribution in [2.24, 2.45) is 0 Å². The van der Waals surface area contributed by atoms with E-state index in [1.807, 2.05) is 0 Å². The van der Waals surface area contributed by atoms with Gasteiger partial charge in [0.25, 0.3) is 11.1 Å². The van der Waals surface area contributed by atoms with E-state index in [1.54, 1.807) is 0 Å². The molecule has 1 aliphatic heterocycles. The fraction of sp³-hybridized carbons (Fsp3) is 0.100. The Morgan fingerprint density at radius 1 is 1.13 bits per heavy atom. The molecule has 154 valence electrons. The van der Waals surface area contributed by atoms with Crippen LogP contribution in [0.1, 0.15) is 22.3 Å². The molecular formula is C20H15FN2O6S. The monoisotopic (exact) mass is 430 g/mol. The number of anilines is 1. The number of carboxylic acid groups (broad SMARTS) is 1. The van der Waals surface area contributed by atoms with E-state index in [2.05, 4.69) is 5.32 Å². The molecule has 0 aromatic heterocycles. The lowest BCUT2D eigenvalue weighted by Gasteiger charge is -2.13. The summed E-state index contributed by atoms with van der Waals surface area (Å²) in [4.78, 5) is 49.0. The van der Waals surface area contributed by atoms with E-state index < -0.39 is 28.8 Å². The van der Waals surface area contributed by atoms with Crippen molar-refractivity contribution in [3.05, 3.63) is 64.3 Å². The van der Waals surface area contributed by atoms with Crippen molar-refractivity contribution in [3.63, 3.8) is 0 Å². The van der Waals surface area contributed by atoms with Gasteiger partial charge in [0.2, 0.25) is 5.91 Å². The topological polar surface area (TPSA) is 124 Å². The average Bonchev–Trinajstić information content (AvgIpc) is 2.96. The predicted octanol–water partition coefficient (Wildman–Crippen LogP) is 3.29. The highest BCUT2D eigenvalue weighted by atomic mass is 32.2. The molecule has 10 heteroatoms. The summed E-state index contributed by atoms with van der Waals surface area (Å²) >= 11 is 0.712. The maximum atomic E-state index is 13.0. The average molecular weight is 430 g/mol. The molecule has 8 nitrogen and oxygen atoms in total. The van der Waals surface area contributed by atoms with E-state index in [-0.39, 0.29) is 34.9 Å². The van der Waals surface area contributed by atoms with Crippen LogP contribution in [-0.4, -0.2) is 44.7 Å². The van der Waals surface area contributed by atoms with Crippen LogP contribution in [0.5, 0.6) is 5.75 Å². The minimum Gasteiger partial charge on any atom is -0.508 e. The van der Waals surface area contributed by atoms with Gasteiger partial charge in [-0.2, -0.15) is 0 Å². The van der Waals surface area contributed by atoms with E-state index in [4.69, 9.17) is 5.11 Å². The number of carbonyl (C=O) groups is 4. The summed E-state index contributed by atoms with van der Waals surface area (Å²) in [7, 11) is 0. The standard InChI is InChI=1S/C20H15FN2O6S/c21-12-3-1-11(2-4-12)9-16-18(26)23(20(29)30-16)8-7-17(25)22-15-6-5-13(24)10-14(15)19(27)28/h1-6,9-10,24H,7-8H2,(H,22,25)(H,27,28)/b16-9+. The van der Waals surface area contributed by atoms with E-state index in [1.165, 1.54) is 42.5 Å². The number of aromatic carboxylic acids is 1. The molecule has 0 saturated carbocycles. The van der Waals surface area contributed by atoms with Crippen LogP contribution >= 0.6 is 11.8 Å². The van der Waals surface area contributed by atoms with Crippen LogP contribution in [0.2, 0.25) is 0 Å². The Kier molecular flexibility index (Phi) is 6.17. The third kappa shape index (κ3) is 4.84. The van der Waals surface area contributed by atoms with Gasteiger partial charge < -0.3 is 15.5 Å². The molecule has 0 atom stereocenters. The molecule has 2 aromatic carbocycles. The number of phenols is 1. The number of aromatic hydroxyl groups is 1. The van der Waals surface area contributed by atoms with Crippen molar-refractivity contribution < 1.29 is 33.8 Å². The molecule has 2 aromatic rings. The van der Waals surface area contributed by atoms with Crippen molar-refractivity contribution >= 4 is 46.5 Å². The first-order chi connectivity index (χ1) is 14.2. The molecule has 1 saturated heterocycles. The third-order valence-electron chi connectivity index (χ3n) is 4.11. The first-order valence-corrected chi connectivity index (χ1v) is 9.43. The third-order valence-corrected chi connectivity index (χ3v) is 5.02. The van der Waals surface area contributed by atoms with Gasteiger partial charge in [-0.15, -0.1) is 0 Å². The van der Waals surface area contributed by atoms with E-state index >= 15 is 0 Å². The lowest BCUT2D eigenvalue weighted by molar-refractivity contribution is -0.123. The highest BCUT2D eigenvalue weighted by Gasteiger charge is 2.35. The number of halogens is 1. The van der Waals surface area contributed by atoms with Gasteiger partial charge in [-0.1, -0.05) is 12.1 Å². The number of hydrogen-bond acceptors (Lipinski definition) is 6. The Balaban J connectivity index is 1.64. The van der Waals surface area contributed by atoms with Crippen LogP contribution in [0.15, 0.2) is 47.4 Å². The van der Waals surface area contributed by atoms with Crippen LogP contribution in [0.4, 0.5) is 14.9 Å². The Labute approximate surface area is 174 Å². The number of hydrogen-bond donors (Lipinski definition) is 3. The van der Waals surface area contributed by atoms with Crippen LogP contribution < -0.4 is 5.32 Å². The van der Waals surface area contributed by atoms with E-state index in [9.17, 15) is 28.7 Å². The number of imide groups is 1. The highest BCUT2D eigenvalue weighted by molar-refractivity contribution is 8.18. The second kappa shape index (κ2) is 8.78. The molecule has 30 heavy (non-hydrogen) atoms. The molecule has 3 N–H and O–H groups in total. The smallest absolute Gasteiger partial charge is 0.337 e. The first kappa shape index (κ1) is 21.1. The zero-order valence-corrected chi connectivity index (χ0v) is 16.1. The molecule has 1 aliphatic rings. The van der Waals surface area contributed by atoms with Crippen molar-refractivity contribution in [3.8, 4) is 5.75 Å². The Morgan fingerprint density at radius 2 is 1.83 bits per heavy atom. The number of benzene rings is 2. The molecule has 0 spiro atoms. The SMILES string of the molecule is O=C(CCN1C(=O)S/C(=C/c2ccc(F)cc2)C1=O)Nc1ccc(O)cc1C(=O)O. The first-order valence-electron chi connectivity index (χ1n) is 8.61. The minimum absolute atomic E-state index is 0.0179. The molecule has 1 heterocycles. The second-order valence-corrected chi connectivity index (χ2v) is 7.21. The summed E-state index contributed by atoms with van der Waals surface area (Å²) in [5, 5.41) is 20.4. The maximum absolute atomic E-state index is 13.0. The number of nitrogens with zero attached hydrogens (tertiary/aromatic N) is 1. The lowest BCUT2D eigenvalue weighted by atomic mass is 10.1. The quantitative estimate of drug-likeness (QED) is 0.474. The molecule has 0 radical (unpaired) electrons. The van der Waals surface area contributed by atoms with Gasteiger partial charge in [-0.3, -0.25) is 19.3 Å². The van der Waals surface area contributed by atoms with Crippen molar-refractivity contribution in [2.75, 3.05) is 11.9 Å². The molecule has 0 bridgehead atoms. The van der Waals surface area contributed by atoms with Gasteiger partial charge >= 0.3 is 5.97 Å². The molecule has 3 rings (SSSR count). The fourth-order valence-corrected chi connectivity index (χ4v) is 3.51. The van der Waals surface area contributed by atoms with E-state index in [0.29, 0.717) is 17.3 Å². The van der Waals surface area contributed by atoms with Crippen LogP contribution in [-0.2, 0) is 9.59 Å². The summed E-state index contributed by atoms with van der Waals surface area (Å²) in [6.07, 6.45) is 1.21. The molecule has 0 unspecified atom stereocenters. The number of thioether (sulfide) groups is 1. The minimum atomic E-state index is -1.34. The zero-order valence-electron chi connectivity index (χ0n) is 15.3. The van der Waals surface area contributed by atoms with Gasteiger partial charge in [-0.05, 0) is 53.7 Å². The number of rotatable bonds is 6. The second-order valence-electron chi connectivity index (χ2n) is 6.22. The van der Waals surface area contributed by atoms with Gasteiger partial charge in [0.1, 0.15) is 11.6 Å². The van der Waals surface area contributed by atoms with Crippen LogP contribution in [0.3, 0.4) is 0 Å². The molecule has 1 fully saturated rings. The van der Waals surface area contributed by atoms with Gasteiger partial charge in [0.15, 0.2) is 0 Å². The number of carboxylic acids is 1. The predicted molar refractivity (Wildman–Crippen MR) is 107 cm³/mol. The number of phenolic OH excluding ortho intramolecular Hbond substituents is 1. The maximum Gasteiger partial charge on any atom is 0.337 e. The fourth-order valence-electron chi connectivity index (χ4n) is 2.65. The number of carbonyl (C=O) groups excluding carboxylic acids is 3. The van der Waals surface area contributed by atoms with E-state index in [0.717, 1.165) is 11.0 Å². The van der Waals surface area contributed by atoms with Crippen LogP contribution in [0, 0.1) is 5.82 Å². The lowest BCUT2D eigenvalue weighted by Crippen LogP contribution is -2.31. The van der Waals surface area contributed by atoms with Crippen LogP contribution in [0.25, 0.3) is 6.08 Å². The summed E-state index contributed by atoms with van der Waals surface area (Å²) in [6, 6.07) is 8.85. The molecule has 0 aliphatic carbocycles. The number of amides is 3. The summed E-state index contributed by atoms with van der Waals surface area (Å²) in [6.45, 7) is -0.197. The number of nitrogens with one attached hydrogen (secondary N) is 1. The van der Waals surface area contributed by atoms with Gasteiger partial charge in [0.05, 0.1) is 16.2 Å². The molecule has 3 amide bonds. The van der Waals surface area contributed by atoms with Crippen molar-refractivity contribution in [2.45, 2.75) is 6.42 Å². The summed E-state index contributed by atoms with van der Waals surface area (Å²) < 4.78 is 13.0. The molecular weight excluding hydrogens is 415 g/mol. The summed E-state index contributed by atoms with van der Waals surface area (Å²) in [5.41, 5.74) is 0.237. The van der Waals surface area contributed by atoms with Crippen molar-refractivity contribution in [1.29, 1.82) is 0 Å². The zero-order chi connectivity index (χ0) is 21.8. The summed E-state index contributed by atoms with van der Waals surface area (Å²) in [5.74, 6) is -3.21. The van der Waals surface area contributed by atoms with Gasteiger partial charge in [0, 0.05) is 13.0 Å². The Hall–Kier alpha value is -3.66. The van der Waals surface area contributed by atoms with Gasteiger partial charge in [-0.25, -0.2) is 9.18 Å². The Morgan fingerprint density at radius 3 is 2.50 bits per heavy atom.